The molecule has 0 amide bonds. The summed E-state index contributed by atoms with van der Waals surface area (Å²) in [5, 5.41) is 6.41. The van der Waals surface area contributed by atoms with Gasteiger partial charge in [-0.15, -0.1) is 0 Å². The van der Waals surface area contributed by atoms with E-state index in [0.29, 0.717) is 25.7 Å². The van der Waals surface area contributed by atoms with Crippen LogP contribution in [0, 0.1) is 0 Å². The zero-order valence-corrected chi connectivity index (χ0v) is 17.8. The number of ether oxygens (including phenoxy) is 3. The lowest BCUT2D eigenvalue weighted by atomic mass is 10.2. The van der Waals surface area contributed by atoms with Crippen LogP contribution in [0.5, 0.6) is 11.5 Å². The van der Waals surface area contributed by atoms with E-state index in [9.17, 15) is 8.42 Å². The van der Waals surface area contributed by atoms with Gasteiger partial charge in [-0.25, -0.2) is 13.1 Å². The van der Waals surface area contributed by atoms with Crippen molar-refractivity contribution in [1.82, 2.24) is 15.4 Å². The van der Waals surface area contributed by atoms with Crippen molar-refractivity contribution in [1.29, 1.82) is 0 Å². The maximum Gasteiger partial charge on any atom is 0.240 e. The smallest absolute Gasteiger partial charge is 0.240 e. The van der Waals surface area contributed by atoms with Crippen LogP contribution in [0.3, 0.4) is 0 Å². The van der Waals surface area contributed by atoms with Gasteiger partial charge in [0, 0.05) is 33.8 Å². The van der Waals surface area contributed by atoms with Crippen molar-refractivity contribution >= 4 is 16.0 Å². The van der Waals surface area contributed by atoms with Crippen molar-refractivity contribution < 1.29 is 22.6 Å². The Labute approximate surface area is 176 Å². The van der Waals surface area contributed by atoms with Crippen LogP contribution in [0.15, 0.2) is 52.4 Å². The van der Waals surface area contributed by atoms with Crippen molar-refractivity contribution in [3.8, 4) is 11.5 Å². The average Bonchev–Trinajstić information content (AvgIpc) is 3.22. The van der Waals surface area contributed by atoms with Gasteiger partial charge in [0.25, 0.3) is 0 Å². The molecule has 0 bridgehead atoms. The Morgan fingerprint density at radius 1 is 1.07 bits per heavy atom. The predicted molar refractivity (Wildman–Crippen MR) is 113 cm³/mol. The fourth-order valence-electron chi connectivity index (χ4n) is 2.83. The monoisotopic (exact) mass is 434 g/mol. The van der Waals surface area contributed by atoms with Crippen molar-refractivity contribution in [2.45, 2.75) is 18.0 Å². The Balaban J connectivity index is 1.55. The van der Waals surface area contributed by atoms with Gasteiger partial charge in [-0.3, -0.25) is 4.99 Å². The molecule has 9 nitrogen and oxygen atoms in total. The van der Waals surface area contributed by atoms with E-state index >= 15 is 0 Å². The van der Waals surface area contributed by atoms with Crippen molar-refractivity contribution in [3.63, 3.8) is 0 Å². The first kappa shape index (κ1) is 21.9. The van der Waals surface area contributed by atoms with Crippen LogP contribution in [-0.4, -0.2) is 48.5 Å². The molecule has 2 aromatic carbocycles. The zero-order valence-electron chi connectivity index (χ0n) is 17.0. The van der Waals surface area contributed by atoms with Gasteiger partial charge in [0.1, 0.15) is 0 Å². The van der Waals surface area contributed by atoms with Crippen molar-refractivity contribution in [2.24, 2.45) is 4.99 Å². The zero-order chi connectivity index (χ0) is 21.4. The lowest BCUT2D eigenvalue weighted by molar-refractivity contribution is 0.174. The fraction of sp³-hybridized carbons (Fsp3) is 0.350. The lowest BCUT2D eigenvalue weighted by Gasteiger charge is -2.13. The van der Waals surface area contributed by atoms with Crippen molar-refractivity contribution in [2.75, 3.05) is 34.1 Å². The number of aliphatic imine (C=N–C) groups is 1. The minimum Gasteiger partial charge on any atom is -0.454 e. The van der Waals surface area contributed by atoms with Crippen LogP contribution >= 0.6 is 0 Å². The number of nitrogens with zero attached hydrogens (tertiary/aromatic N) is 1. The molecular formula is C20H26N4O5S. The number of methoxy groups -OCH3 is 1. The number of sulfonamides is 1. The standard InChI is InChI=1S/C20H26N4O5S/c1-21-20(23-13-16-6-7-18-19(11-16)29-14-28-18)22-12-15-4-3-5-17(10-15)30(25,26)24-8-9-27-2/h3-7,10-11,24H,8-9,12-14H2,1-2H3,(H2,21,22,23). The third-order valence-corrected chi connectivity index (χ3v) is 5.85. The van der Waals surface area contributed by atoms with Crippen molar-refractivity contribution in [3.05, 3.63) is 53.6 Å². The van der Waals surface area contributed by atoms with E-state index in [4.69, 9.17) is 14.2 Å². The van der Waals surface area contributed by atoms with Crippen LogP contribution in [0.1, 0.15) is 11.1 Å². The average molecular weight is 435 g/mol. The van der Waals surface area contributed by atoms with E-state index in [1.54, 1.807) is 25.2 Å². The molecule has 0 aliphatic carbocycles. The Hall–Kier alpha value is -2.82. The molecule has 162 valence electrons. The Morgan fingerprint density at radius 3 is 2.53 bits per heavy atom. The van der Waals surface area contributed by atoms with Gasteiger partial charge in [-0.1, -0.05) is 18.2 Å². The van der Waals surface area contributed by atoms with Crippen LogP contribution in [0.4, 0.5) is 0 Å². The van der Waals surface area contributed by atoms with E-state index in [0.717, 1.165) is 22.6 Å². The molecular weight excluding hydrogens is 408 g/mol. The highest BCUT2D eigenvalue weighted by Crippen LogP contribution is 2.32. The molecule has 2 aromatic rings. The number of benzene rings is 2. The highest BCUT2D eigenvalue weighted by atomic mass is 32.2. The largest absolute Gasteiger partial charge is 0.454 e. The van der Waals surface area contributed by atoms with Gasteiger partial charge in [-0.2, -0.15) is 0 Å². The van der Waals surface area contributed by atoms with E-state index in [1.165, 1.54) is 7.11 Å². The number of hydrogen-bond acceptors (Lipinski definition) is 6. The Morgan fingerprint density at radius 2 is 1.80 bits per heavy atom. The molecule has 0 spiro atoms. The van der Waals surface area contributed by atoms with Crippen LogP contribution in [-0.2, 0) is 27.8 Å². The molecule has 1 aliphatic heterocycles. The third kappa shape index (κ3) is 5.85. The molecule has 0 saturated carbocycles. The summed E-state index contributed by atoms with van der Waals surface area (Å²) in [4.78, 5) is 4.42. The van der Waals surface area contributed by atoms with Gasteiger partial charge in [0.2, 0.25) is 16.8 Å². The van der Waals surface area contributed by atoms with Crippen LogP contribution in [0.2, 0.25) is 0 Å². The second kappa shape index (κ2) is 10.3. The highest BCUT2D eigenvalue weighted by Gasteiger charge is 2.14. The summed E-state index contributed by atoms with van der Waals surface area (Å²) in [5.41, 5.74) is 1.84. The van der Waals surface area contributed by atoms with Gasteiger partial charge in [-0.05, 0) is 35.4 Å². The van der Waals surface area contributed by atoms with E-state index in [1.807, 2.05) is 24.3 Å². The quantitative estimate of drug-likeness (QED) is 0.309. The number of fused-ring (bicyclic) bond motifs is 1. The maximum absolute atomic E-state index is 12.4. The normalized spacial score (nSPS) is 13.3. The molecule has 0 fully saturated rings. The first-order valence-electron chi connectivity index (χ1n) is 9.42. The molecule has 0 radical (unpaired) electrons. The summed E-state index contributed by atoms with van der Waals surface area (Å²) in [6.45, 7) is 1.74. The molecule has 0 saturated heterocycles. The third-order valence-electron chi connectivity index (χ3n) is 4.39. The van der Waals surface area contributed by atoms with Gasteiger partial charge >= 0.3 is 0 Å². The summed E-state index contributed by atoms with van der Waals surface area (Å²) < 4.78 is 42.8. The second-order valence-corrected chi connectivity index (χ2v) is 8.27. The predicted octanol–water partition coefficient (Wildman–Crippen LogP) is 1.21. The molecule has 1 aliphatic rings. The molecule has 3 N–H and O–H groups in total. The molecule has 0 unspecified atom stereocenters. The number of guanidine groups is 1. The van der Waals surface area contributed by atoms with Gasteiger partial charge < -0.3 is 24.8 Å². The summed E-state index contributed by atoms with van der Waals surface area (Å²) in [6, 6.07) is 12.5. The Bertz CT molecular complexity index is 994. The maximum atomic E-state index is 12.4. The van der Waals surface area contributed by atoms with E-state index in [-0.39, 0.29) is 18.2 Å². The minimum absolute atomic E-state index is 0.209. The minimum atomic E-state index is -3.58. The molecule has 0 aromatic heterocycles. The van der Waals surface area contributed by atoms with E-state index in [2.05, 4.69) is 20.3 Å². The Kier molecular flexibility index (Phi) is 7.50. The summed E-state index contributed by atoms with van der Waals surface area (Å²) in [6.07, 6.45) is 0. The van der Waals surface area contributed by atoms with Gasteiger partial charge in [0.05, 0.1) is 11.5 Å². The molecule has 3 rings (SSSR count). The van der Waals surface area contributed by atoms with E-state index < -0.39 is 10.0 Å². The second-order valence-electron chi connectivity index (χ2n) is 6.50. The number of rotatable bonds is 9. The fourth-order valence-corrected chi connectivity index (χ4v) is 3.91. The van der Waals surface area contributed by atoms with Crippen LogP contribution < -0.4 is 24.8 Å². The molecule has 30 heavy (non-hydrogen) atoms. The SMILES string of the molecule is CN=C(NCc1cccc(S(=O)(=O)NCCOC)c1)NCc1ccc2c(c1)OCO2. The molecule has 0 atom stereocenters. The topological polar surface area (TPSA) is 110 Å². The summed E-state index contributed by atoms with van der Waals surface area (Å²) >= 11 is 0. The summed E-state index contributed by atoms with van der Waals surface area (Å²) in [7, 11) is -0.378. The molecule has 10 heteroatoms. The number of nitrogens with one attached hydrogen (secondary N) is 3. The lowest BCUT2D eigenvalue weighted by Crippen LogP contribution is -2.36. The van der Waals surface area contributed by atoms with Crippen LogP contribution in [0.25, 0.3) is 0 Å². The highest BCUT2D eigenvalue weighted by molar-refractivity contribution is 7.89. The first-order chi connectivity index (χ1) is 14.5. The molecule has 1 heterocycles. The summed E-state index contributed by atoms with van der Waals surface area (Å²) in [5.74, 6) is 2.07. The number of hydrogen-bond donors (Lipinski definition) is 3. The van der Waals surface area contributed by atoms with Gasteiger partial charge in [0.15, 0.2) is 17.5 Å². The first-order valence-corrected chi connectivity index (χ1v) is 10.9.